The Kier molecular flexibility index (Phi) is 4.85. The van der Waals surface area contributed by atoms with E-state index >= 15 is 0 Å². The first kappa shape index (κ1) is 17.9. The van der Waals surface area contributed by atoms with Gasteiger partial charge in [0.15, 0.2) is 0 Å². The Morgan fingerprint density at radius 1 is 0.786 bits per heavy atom. The molecular weight excluding hydrogens is 350 g/mol. The summed E-state index contributed by atoms with van der Waals surface area (Å²) >= 11 is 0. The predicted octanol–water partition coefficient (Wildman–Crippen LogP) is 4.73. The minimum Gasteiger partial charge on any atom is -0.497 e. The number of aromatic nitrogens is 1. The highest BCUT2D eigenvalue weighted by atomic mass is 16.5. The molecule has 0 radical (unpaired) electrons. The predicted molar refractivity (Wildman–Crippen MR) is 112 cm³/mol. The van der Waals surface area contributed by atoms with E-state index < -0.39 is 0 Å². The fourth-order valence-corrected chi connectivity index (χ4v) is 3.37. The van der Waals surface area contributed by atoms with Gasteiger partial charge in [-0.05, 0) is 65.0 Å². The number of rotatable bonds is 5. The van der Waals surface area contributed by atoms with E-state index in [1.807, 2.05) is 77.4 Å². The van der Waals surface area contributed by atoms with Gasteiger partial charge in [0.05, 0.1) is 26.5 Å². The third-order valence-corrected chi connectivity index (χ3v) is 4.90. The van der Waals surface area contributed by atoms with E-state index in [2.05, 4.69) is 6.07 Å². The van der Waals surface area contributed by atoms with E-state index in [9.17, 15) is 4.79 Å². The molecule has 0 unspecified atom stereocenters. The zero-order valence-electron chi connectivity index (χ0n) is 15.9. The summed E-state index contributed by atoms with van der Waals surface area (Å²) in [4.78, 5) is 13.3. The summed E-state index contributed by atoms with van der Waals surface area (Å²) in [7, 11) is 3.29. The average Bonchev–Trinajstić information content (AvgIpc) is 2.76. The van der Waals surface area contributed by atoms with Crippen LogP contribution < -0.4 is 15.0 Å². The lowest BCUT2D eigenvalue weighted by Gasteiger charge is -2.16. The standard InChI is InChI=1S/C24H21NO3/c1-27-20-11-7-17(8-12-20)16-25-23(18-9-13-21(28-2)14-10-18)15-19-5-3-4-6-22(19)24(25)26/h3-15H,16H2,1-2H3. The quantitative estimate of drug-likeness (QED) is 0.509. The van der Waals surface area contributed by atoms with Crippen molar-refractivity contribution in [3.05, 3.63) is 94.8 Å². The Labute approximate surface area is 163 Å². The van der Waals surface area contributed by atoms with Crippen LogP contribution in [0.25, 0.3) is 22.0 Å². The molecule has 0 aliphatic heterocycles. The van der Waals surface area contributed by atoms with E-state index in [0.29, 0.717) is 11.9 Å². The van der Waals surface area contributed by atoms with Crippen molar-refractivity contribution >= 4 is 10.8 Å². The molecule has 0 atom stereocenters. The summed E-state index contributed by atoms with van der Waals surface area (Å²) < 4.78 is 12.3. The van der Waals surface area contributed by atoms with Crippen molar-refractivity contribution in [3.63, 3.8) is 0 Å². The third-order valence-electron chi connectivity index (χ3n) is 4.90. The van der Waals surface area contributed by atoms with Crippen LogP contribution in [0.15, 0.2) is 83.7 Å². The van der Waals surface area contributed by atoms with E-state index in [0.717, 1.165) is 33.7 Å². The van der Waals surface area contributed by atoms with E-state index in [1.165, 1.54) is 0 Å². The minimum absolute atomic E-state index is 0.000244. The molecule has 0 aliphatic rings. The second-order valence-corrected chi connectivity index (χ2v) is 6.58. The number of ether oxygens (including phenoxy) is 2. The van der Waals surface area contributed by atoms with Crippen LogP contribution in [0, 0.1) is 0 Å². The van der Waals surface area contributed by atoms with Gasteiger partial charge in [-0.25, -0.2) is 0 Å². The summed E-state index contributed by atoms with van der Waals surface area (Å²) in [5.74, 6) is 1.58. The molecule has 140 valence electrons. The van der Waals surface area contributed by atoms with Crippen molar-refractivity contribution in [2.75, 3.05) is 14.2 Å². The average molecular weight is 371 g/mol. The molecule has 0 saturated heterocycles. The molecular formula is C24H21NO3. The van der Waals surface area contributed by atoms with Crippen LogP contribution in [0.2, 0.25) is 0 Å². The molecule has 0 spiro atoms. The van der Waals surface area contributed by atoms with Gasteiger partial charge in [-0.2, -0.15) is 0 Å². The molecule has 4 heteroatoms. The summed E-state index contributed by atoms with van der Waals surface area (Å²) in [5.41, 5.74) is 2.88. The highest BCUT2D eigenvalue weighted by Gasteiger charge is 2.12. The van der Waals surface area contributed by atoms with E-state index in [-0.39, 0.29) is 5.56 Å². The first-order chi connectivity index (χ1) is 13.7. The van der Waals surface area contributed by atoms with Crippen LogP contribution in [-0.4, -0.2) is 18.8 Å². The molecule has 0 amide bonds. The topological polar surface area (TPSA) is 40.5 Å². The third kappa shape index (κ3) is 3.37. The monoisotopic (exact) mass is 371 g/mol. The second-order valence-electron chi connectivity index (χ2n) is 6.58. The molecule has 4 nitrogen and oxygen atoms in total. The van der Waals surface area contributed by atoms with Crippen LogP contribution in [0.3, 0.4) is 0 Å². The van der Waals surface area contributed by atoms with Crippen molar-refractivity contribution in [2.24, 2.45) is 0 Å². The van der Waals surface area contributed by atoms with Gasteiger partial charge < -0.3 is 14.0 Å². The summed E-state index contributed by atoms with van der Waals surface area (Å²) in [6, 6.07) is 25.3. The largest absolute Gasteiger partial charge is 0.497 e. The van der Waals surface area contributed by atoms with Gasteiger partial charge in [0, 0.05) is 5.39 Å². The van der Waals surface area contributed by atoms with Crippen molar-refractivity contribution in [3.8, 4) is 22.8 Å². The first-order valence-electron chi connectivity index (χ1n) is 9.09. The molecule has 4 aromatic rings. The van der Waals surface area contributed by atoms with E-state index in [4.69, 9.17) is 9.47 Å². The number of hydrogen-bond donors (Lipinski definition) is 0. The number of methoxy groups -OCH3 is 2. The molecule has 28 heavy (non-hydrogen) atoms. The number of benzene rings is 3. The maximum absolute atomic E-state index is 13.3. The lowest BCUT2D eigenvalue weighted by Crippen LogP contribution is -2.22. The van der Waals surface area contributed by atoms with Gasteiger partial charge in [0.1, 0.15) is 11.5 Å². The van der Waals surface area contributed by atoms with Gasteiger partial charge in [-0.3, -0.25) is 4.79 Å². The normalized spacial score (nSPS) is 10.8. The molecule has 4 rings (SSSR count). The van der Waals surface area contributed by atoms with Crippen molar-refractivity contribution in [1.82, 2.24) is 4.57 Å². The lowest BCUT2D eigenvalue weighted by molar-refractivity contribution is 0.414. The second kappa shape index (κ2) is 7.61. The van der Waals surface area contributed by atoms with Crippen molar-refractivity contribution in [1.29, 1.82) is 0 Å². The van der Waals surface area contributed by atoms with Crippen LogP contribution in [0.1, 0.15) is 5.56 Å². The Balaban J connectivity index is 1.88. The molecule has 1 aromatic heterocycles. The highest BCUT2D eigenvalue weighted by Crippen LogP contribution is 2.25. The van der Waals surface area contributed by atoms with Crippen LogP contribution in [-0.2, 0) is 6.54 Å². The minimum atomic E-state index is -0.000244. The summed E-state index contributed by atoms with van der Waals surface area (Å²) in [5, 5.41) is 1.65. The molecule has 0 fully saturated rings. The van der Waals surface area contributed by atoms with Crippen LogP contribution >= 0.6 is 0 Å². The van der Waals surface area contributed by atoms with Gasteiger partial charge in [-0.1, -0.05) is 30.3 Å². The van der Waals surface area contributed by atoms with E-state index in [1.54, 1.807) is 14.2 Å². The SMILES string of the molecule is COc1ccc(Cn2c(-c3ccc(OC)cc3)cc3ccccc3c2=O)cc1. The molecule has 1 heterocycles. The summed E-state index contributed by atoms with van der Waals surface area (Å²) in [6.45, 7) is 0.481. The number of hydrogen-bond acceptors (Lipinski definition) is 3. The number of fused-ring (bicyclic) bond motifs is 1. The van der Waals surface area contributed by atoms with Crippen LogP contribution in [0.5, 0.6) is 11.5 Å². The van der Waals surface area contributed by atoms with Gasteiger partial charge >= 0.3 is 0 Å². The Morgan fingerprint density at radius 3 is 2.04 bits per heavy atom. The molecule has 0 saturated carbocycles. The zero-order chi connectivity index (χ0) is 19.5. The molecule has 0 aliphatic carbocycles. The first-order valence-corrected chi connectivity index (χ1v) is 9.09. The maximum atomic E-state index is 13.3. The van der Waals surface area contributed by atoms with Gasteiger partial charge in [-0.15, -0.1) is 0 Å². The highest BCUT2D eigenvalue weighted by molar-refractivity contribution is 5.85. The summed E-state index contributed by atoms with van der Waals surface area (Å²) in [6.07, 6.45) is 0. The number of pyridine rings is 1. The Bertz CT molecular complexity index is 1160. The number of nitrogens with zero attached hydrogens (tertiary/aromatic N) is 1. The fourth-order valence-electron chi connectivity index (χ4n) is 3.37. The Morgan fingerprint density at radius 2 is 1.39 bits per heavy atom. The van der Waals surface area contributed by atoms with Gasteiger partial charge in [0.25, 0.3) is 5.56 Å². The zero-order valence-corrected chi connectivity index (χ0v) is 15.9. The van der Waals surface area contributed by atoms with Crippen molar-refractivity contribution in [2.45, 2.75) is 6.54 Å². The smallest absolute Gasteiger partial charge is 0.259 e. The lowest BCUT2D eigenvalue weighted by atomic mass is 10.1. The fraction of sp³-hybridized carbons (Fsp3) is 0.125. The molecule has 3 aromatic carbocycles. The van der Waals surface area contributed by atoms with Gasteiger partial charge in [0.2, 0.25) is 0 Å². The maximum Gasteiger partial charge on any atom is 0.259 e. The van der Waals surface area contributed by atoms with Crippen molar-refractivity contribution < 1.29 is 9.47 Å². The van der Waals surface area contributed by atoms with Crippen LogP contribution in [0.4, 0.5) is 0 Å². The molecule has 0 N–H and O–H groups in total. The molecule has 0 bridgehead atoms. The Hall–Kier alpha value is -3.53.